The quantitative estimate of drug-likeness (QED) is 0.397. The van der Waals surface area contributed by atoms with Gasteiger partial charge in [0.15, 0.2) is 5.52 Å². The summed E-state index contributed by atoms with van der Waals surface area (Å²) in [6.45, 7) is 0.889. The predicted molar refractivity (Wildman–Crippen MR) is 74.2 cm³/mol. The number of hydrogen-bond donors (Lipinski definition) is 0. The fraction of sp³-hybridized carbons (Fsp3) is 0.133. The number of fused-ring (bicyclic) bond motifs is 7. The molecule has 1 aliphatic rings. The zero-order valence-corrected chi connectivity index (χ0v) is 11.0. The van der Waals surface area contributed by atoms with Crippen LogP contribution in [0.5, 0.6) is 0 Å². The molecule has 0 unspecified atom stereocenters. The lowest BCUT2D eigenvalue weighted by Gasteiger charge is -1.95. The van der Waals surface area contributed by atoms with Gasteiger partial charge in [-0.1, -0.05) is 0 Å². The Hall–Kier alpha value is -2.69. The highest BCUT2D eigenvalue weighted by Gasteiger charge is 2.34. The molecule has 5 heterocycles. The zero-order valence-electron chi connectivity index (χ0n) is 11.0. The molecule has 4 aromatic rings. The minimum atomic E-state index is 0.889. The normalized spacial score (nSPS) is 13.1. The molecular formula is C15H12N5+. The number of nitrogens with zero attached hydrogens (tertiary/aromatic N) is 5. The summed E-state index contributed by atoms with van der Waals surface area (Å²) in [7, 11) is 2.12. The van der Waals surface area contributed by atoms with Crippen molar-refractivity contribution in [2.24, 2.45) is 7.05 Å². The summed E-state index contributed by atoms with van der Waals surface area (Å²) in [5.41, 5.74) is 6.18. The van der Waals surface area contributed by atoms with Crippen molar-refractivity contribution in [1.29, 1.82) is 0 Å². The molecule has 0 aromatic carbocycles. The van der Waals surface area contributed by atoms with Gasteiger partial charge in [0.2, 0.25) is 5.52 Å². The third-order valence-electron chi connectivity index (χ3n) is 4.21. The van der Waals surface area contributed by atoms with Gasteiger partial charge < -0.3 is 4.40 Å². The first kappa shape index (κ1) is 10.1. The van der Waals surface area contributed by atoms with Crippen molar-refractivity contribution in [3.8, 4) is 11.4 Å². The summed E-state index contributed by atoms with van der Waals surface area (Å²) in [6.07, 6.45) is 11.7. The van der Waals surface area contributed by atoms with Gasteiger partial charge in [0.1, 0.15) is 12.1 Å². The summed E-state index contributed by atoms with van der Waals surface area (Å²) in [4.78, 5) is 8.48. The number of pyridine rings is 1. The Morgan fingerprint density at radius 1 is 1.15 bits per heavy atom. The lowest BCUT2D eigenvalue weighted by Crippen LogP contribution is -2.29. The van der Waals surface area contributed by atoms with Crippen LogP contribution in [0.2, 0.25) is 0 Å². The van der Waals surface area contributed by atoms with E-state index in [2.05, 4.69) is 42.8 Å². The molecule has 20 heavy (non-hydrogen) atoms. The van der Waals surface area contributed by atoms with Crippen LogP contribution >= 0.6 is 0 Å². The maximum Gasteiger partial charge on any atom is 0.290 e. The van der Waals surface area contributed by atoms with Crippen LogP contribution in [0, 0.1) is 0 Å². The summed E-state index contributed by atoms with van der Waals surface area (Å²) in [5, 5.41) is 0. The average Bonchev–Trinajstić information content (AvgIpc) is 3.10. The Bertz CT molecular complexity index is 992. The SMILES string of the molecule is C[n+]1c2n(c3cn4ccncc4c31)Cc1cnccc1-2. The molecule has 0 bridgehead atoms. The summed E-state index contributed by atoms with van der Waals surface area (Å²) in [6, 6.07) is 2.10. The molecule has 4 aromatic heterocycles. The van der Waals surface area contributed by atoms with Gasteiger partial charge in [0, 0.05) is 30.4 Å². The average molecular weight is 262 g/mol. The van der Waals surface area contributed by atoms with Crippen molar-refractivity contribution in [1.82, 2.24) is 18.9 Å². The van der Waals surface area contributed by atoms with Gasteiger partial charge in [-0.25, -0.2) is 9.13 Å². The third kappa shape index (κ3) is 1.02. The Balaban J connectivity index is 1.98. The van der Waals surface area contributed by atoms with Crippen LogP contribution in [0.15, 0.2) is 43.2 Å². The van der Waals surface area contributed by atoms with Crippen molar-refractivity contribution in [2.75, 3.05) is 0 Å². The Morgan fingerprint density at radius 2 is 2.05 bits per heavy atom. The Kier molecular flexibility index (Phi) is 1.65. The molecule has 0 fully saturated rings. The fourth-order valence-corrected chi connectivity index (χ4v) is 3.36. The van der Waals surface area contributed by atoms with E-state index in [0.717, 1.165) is 12.1 Å². The van der Waals surface area contributed by atoms with Gasteiger partial charge in [-0.05, 0) is 6.07 Å². The monoisotopic (exact) mass is 262 g/mol. The molecule has 0 atom stereocenters. The number of aromatic nitrogens is 5. The second-order valence-electron chi connectivity index (χ2n) is 5.23. The topological polar surface area (TPSA) is 39.0 Å². The largest absolute Gasteiger partial charge is 0.313 e. The van der Waals surface area contributed by atoms with Gasteiger partial charge in [0.25, 0.3) is 5.82 Å². The molecule has 5 nitrogen and oxygen atoms in total. The van der Waals surface area contributed by atoms with E-state index in [0.29, 0.717) is 0 Å². The highest BCUT2D eigenvalue weighted by Crippen LogP contribution is 2.34. The second-order valence-corrected chi connectivity index (χ2v) is 5.23. The molecular weight excluding hydrogens is 250 g/mol. The van der Waals surface area contributed by atoms with Crippen molar-refractivity contribution in [3.05, 3.63) is 48.8 Å². The minimum Gasteiger partial charge on any atom is -0.313 e. The van der Waals surface area contributed by atoms with Gasteiger partial charge in [-0.15, -0.1) is 0 Å². The third-order valence-corrected chi connectivity index (χ3v) is 4.21. The van der Waals surface area contributed by atoms with E-state index in [4.69, 9.17) is 0 Å². The Labute approximate surface area is 114 Å². The zero-order chi connectivity index (χ0) is 13.3. The van der Waals surface area contributed by atoms with E-state index >= 15 is 0 Å². The molecule has 96 valence electrons. The summed E-state index contributed by atoms with van der Waals surface area (Å²) < 4.78 is 6.75. The van der Waals surface area contributed by atoms with Crippen LogP contribution in [0.3, 0.4) is 0 Å². The van der Waals surface area contributed by atoms with Crippen molar-refractivity contribution in [2.45, 2.75) is 6.54 Å². The van der Waals surface area contributed by atoms with Crippen molar-refractivity contribution in [3.63, 3.8) is 0 Å². The molecule has 5 rings (SSSR count). The summed E-state index contributed by atoms with van der Waals surface area (Å²) in [5.74, 6) is 1.25. The maximum absolute atomic E-state index is 4.25. The van der Waals surface area contributed by atoms with Gasteiger partial charge in [-0.3, -0.25) is 9.97 Å². The van der Waals surface area contributed by atoms with E-state index in [-0.39, 0.29) is 0 Å². The van der Waals surface area contributed by atoms with Crippen LogP contribution < -0.4 is 4.57 Å². The Morgan fingerprint density at radius 3 is 3.00 bits per heavy atom. The van der Waals surface area contributed by atoms with Crippen molar-refractivity contribution < 1.29 is 4.57 Å². The van der Waals surface area contributed by atoms with Crippen LogP contribution in [-0.2, 0) is 13.6 Å². The highest BCUT2D eigenvalue weighted by atomic mass is 15.2. The number of rotatable bonds is 0. The van der Waals surface area contributed by atoms with Crippen LogP contribution in [0.4, 0.5) is 0 Å². The fourth-order valence-electron chi connectivity index (χ4n) is 3.36. The molecule has 0 spiro atoms. The first-order valence-corrected chi connectivity index (χ1v) is 6.61. The minimum absolute atomic E-state index is 0.889. The molecule has 0 amide bonds. The van der Waals surface area contributed by atoms with Crippen LogP contribution in [0.1, 0.15) is 5.56 Å². The molecule has 0 saturated carbocycles. The lowest BCUT2D eigenvalue weighted by molar-refractivity contribution is -0.633. The maximum atomic E-state index is 4.25. The van der Waals surface area contributed by atoms with Crippen molar-refractivity contribution >= 4 is 16.6 Å². The standard InChI is InChI=1S/C15H12N5/c1-18-14-12-7-17-4-5-19(12)9-13(14)20-8-10-6-16-3-2-11(10)15(18)20/h2-7,9H,8H2,1H3/q+1. The second kappa shape index (κ2) is 3.25. The smallest absolute Gasteiger partial charge is 0.290 e. The highest BCUT2D eigenvalue weighted by molar-refractivity contribution is 5.91. The van der Waals surface area contributed by atoms with E-state index in [1.807, 2.05) is 31.0 Å². The van der Waals surface area contributed by atoms with E-state index in [9.17, 15) is 0 Å². The molecule has 0 saturated heterocycles. The van der Waals surface area contributed by atoms with E-state index in [1.54, 1.807) is 0 Å². The first-order valence-electron chi connectivity index (χ1n) is 6.61. The molecule has 1 aliphatic heterocycles. The predicted octanol–water partition coefficient (Wildman–Crippen LogP) is 1.54. The first-order chi connectivity index (χ1) is 9.84. The van der Waals surface area contributed by atoms with Gasteiger partial charge in [-0.2, -0.15) is 0 Å². The number of hydrogen-bond acceptors (Lipinski definition) is 2. The van der Waals surface area contributed by atoms with E-state index < -0.39 is 0 Å². The van der Waals surface area contributed by atoms with E-state index in [1.165, 1.54) is 28.0 Å². The lowest BCUT2D eigenvalue weighted by atomic mass is 10.2. The molecule has 0 N–H and O–H groups in total. The molecule has 0 radical (unpaired) electrons. The van der Waals surface area contributed by atoms with Crippen LogP contribution in [0.25, 0.3) is 27.9 Å². The number of aryl methyl sites for hydroxylation is 1. The number of imidazole rings is 1. The summed E-state index contributed by atoms with van der Waals surface area (Å²) >= 11 is 0. The van der Waals surface area contributed by atoms with Crippen LogP contribution in [-0.4, -0.2) is 18.9 Å². The van der Waals surface area contributed by atoms with Gasteiger partial charge >= 0.3 is 0 Å². The van der Waals surface area contributed by atoms with Gasteiger partial charge in [0.05, 0.1) is 25.0 Å². The molecule has 5 heteroatoms. The molecule has 0 aliphatic carbocycles.